The molecule has 0 bridgehead atoms. The van der Waals surface area contributed by atoms with E-state index in [2.05, 4.69) is 49.8 Å². The number of carbonyl (C=O) groups is 1. The Morgan fingerprint density at radius 1 is 1.13 bits per heavy atom. The van der Waals surface area contributed by atoms with Gasteiger partial charge in [-0.15, -0.1) is 0 Å². The highest BCUT2D eigenvalue weighted by Gasteiger charge is 2.38. The van der Waals surface area contributed by atoms with E-state index in [-0.39, 0.29) is 24.0 Å². The number of nitrogens with zero attached hydrogens (tertiary/aromatic N) is 3. The van der Waals surface area contributed by atoms with Crippen LogP contribution in [0.15, 0.2) is 36.7 Å². The summed E-state index contributed by atoms with van der Waals surface area (Å²) in [5.74, 6) is 0.395. The lowest BCUT2D eigenvalue weighted by molar-refractivity contribution is 0.0209. The lowest BCUT2D eigenvalue weighted by Gasteiger charge is -2.35. The fourth-order valence-electron chi connectivity index (χ4n) is 4.65. The minimum absolute atomic E-state index is 0.0601. The molecule has 3 N–H and O–H groups in total. The highest BCUT2D eigenvalue weighted by Crippen LogP contribution is 2.29. The summed E-state index contributed by atoms with van der Waals surface area (Å²) >= 11 is 0. The van der Waals surface area contributed by atoms with Gasteiger partial charge in [-0.3, -0.25) is 9.69 Å². The van der Waals surface area contributed by atoms with E-state index in [4.69, 9.17) is 4.74 Å². The summed E-state index contributed by atoms with van der Waals surface area (Å²) in [6, 6.07) is 10.4. The maximum absolute atomic E-state index is 12.7. The summed E-state index contributed by atoms with van der Waals surface area (Å²) in [5.41, 5.74) is 3.06. The lowest BCUT2D eigenvalue weighted by Crippen LogP contribution is -2.43. The van der Waals surface area contributed by atoms with E-state index in [1.54, 1.807) is 6.07 Å². The second-order valence-corrected chi connectivity index (χ2v) is 8.43. The molecule has 1 amide bonds. The van der Waals surface area contributed by atoms with Gasteiger partial charge in [0.05, 0.1) is 25.4 Å². The van der Waals surface area contributed by atoms with Crippen LogP contribution in [-0.4, -0.2) is 69.9 Å². The zero-order valence-corrected chi connectivity index (χ0v) is 16.8. The molecule has 2 aliphatic heterocycles. The number of fused-ring (bicyclic) bond motifs is 1. The summed E-state index contributed by atoms with van der Waals surface area (Å²) in [4.78, 5) is 23.4. The first-order valence-electron chi connectivity index (χ1n) is 10.6. The number of ether oxygens (including phenoxy) is 1. The molecule has 1 aromatic heterocycles. The van der Waals surface area contributed by atoms with Crippen LogP contribution in [0, 0.1) is 0 Å². The molecule has 8 nitrogen and oxygen atoms in total. The number of anilines is 1. The average molecular weight is 409 g/mol. The van der Waals surface area contributed by atoms with Crippen LogP contribution in [0.5, 0.6) is 0 Å². The van der Waals surface area contributed by atoms with Crippen molar-refractivity contribution >= 4 is 11.7 Å². The second-order valence-electron chi connectivity index (χ2n) is 8.43. The Bertz CT molecular complexity index is 919. The second kappa shape index (κ2) is 8.29. The van der Waals surface area contributed by atoms with Gasteiger partial charge in [0.1, 0.15) is 17.8 Å². The molecule has 5 rings (SSSR count). The normalized spacial score (nSPS) is 26.6. The van der Waals surface area contributed by atoms with E-state index in [0.717, 1.165) is 25.9 Å². The molecule has 0 spiro atoms. The molecule has 1 aliphatic carbocycles. The van der Waals surface area contributed by atoms with Crippen molar-refractivity contribution < 1.29 is 14.6 Å². The molecule has 1 aromatic carbocycles. The van der Waals surface area contributed by atoms with Crippen molar-refractivity contribution in [1.82, 2.24) is 20.2 Å². The first-order valence-corrected chi connectivity index (χ1v) is 10.6. The summed E-state index contributed by atoms with van der Waals surface area (Å²) in [7, 11) is 0. The minimum atomic E-state index is -0.443. The molecule has 0 radical (unpaired) electrons. The third-order valence-corrected chi connectivity index (χ3v) is 6.35. The van der Waals surface area contributed by atoms with E-state index in [1.165, 1.54) is 17.5 Å². The van der Waals surface area contributed by atoms with Gasteiger partial charge in [0.15, 0.2) is 0 Å². The number of hydrogen-bond acceptors (Lipinski definition) is 7. The summed E-state index contributed by atoms with van der Waals surface area (Å²) in [5, 5.41) is 17.0. The van der Waals surface area contributed by atoms with Crippen LogP contribution in [0.3, 0.4) is 0 Å². The SMILES string of the molecule is O=C(NC1CC(O)C(N2CCc3ccccc3C2)C1)c1cc(NC2COC2)ncn1. The zero-order valence-electron chi connectivity index (χ0n) is 16.8. The van der Waals surface area contributed by atoms with Crippen molar-refractivity contribution in [3.8, 4) is 0 Å². The first kappa shape index (κ1) is 19.4. The number of aliphatic hydroxyl groups is 1. The first-order chi connectivity index (χ1) is 14.7. The van der Waals surface area contributed by atoms with Crippen LogP contribution in [-0.2, 0) is 17.7 Å². The van der Waals surface area contributed by atoms with Gasteiger partial charge in [-0.05, 0) is 30.4 Å². The van der Waals surface area contributed by atoms with Crippen molar-refractivity contribution in [2.75, 3.05) is 25.1 Å². The molecule has 3 atom stereocenters. The number of amides is 1. The molecule has 3 unspecified atom stereocenters. The summed E-state index contributed by atoms with van der Waals surface area (Å²) in [6.07, 6.45) is 3.25. The van der Waals surface area contributed by atoms with Crippen LogP contribution in [0.1, 0.15) is 34.5 Å². The molecular formula is C22H27N5O3. The maximum atomic E-state index is 12.7. The molecule has 1 saturated heterocycles. The molecule has 1 saturated carbocycles. The van der Waals surface area contributed by atoms with Crippen molar-refractivity contribution in [2.24, 2.45) is 0 Å². The molecular weight excluding hydrogens is 382 g/mol. The molecule has 30 heavy (non-hydrogen) atoms. The average Bonchev–Trinajstić information content (AvgIpc) is 3.10. The molecule has 2 fully saturated rings. The number of hydrogen-bond donors (Lipinski definition) is 3. The van der Waals surface area contributed by atoms with Gasteiger partial charge in [0.2, 0.25) is 0 Å². The van der Waals surface area contributed by atoms with Gasteiger partial charge in [-0.2, -0.15) is 0 Å². The lowest BCUT2D eigenvalue weighted by atomic mass is 9.98. The van der Waals surface area contributed by atoms with Crippen LogP contribution < -0.4 is 10.6 Å². The number of carbonyl (C=O) groups excluding carboxylic acids is 1. The van der Waals surface area contributed by atoms with Crippen LogP contribution in [0.4, 0.5) is 5.82 Å². The fourth-order valence-corrected chi connectivity index (χ4v) is 4.65. The predicted molar refractivity (Wildman–Crippen MR) is 111 cm³/mol. The fraction of sp³-hybridized carbons (Fsp3) is 0.500. The molecule has 8 heteroatoms. The summed E-state index contributed by atoms with van der Waals surface area (Å²) in [6.45, 7) is 3.08. The van der Waals surface area contributed by atoms with E-state index >= 15 is 0 Å². The Kier molecular flexibility index (Phi) is 5.37. The maximum Gasteiger partial charge on any atom is 0.270 e. The highest BCUT2D eigenvalue weighted by molar-refractivity contribution is 5.93. The number of nitrogens with one attached hydrogen (secondary N) is 2. The smallest absolute Gasteiger partial charge is 0.270 e. The quantitative estimate of drug-likeness (QED) is 0.677. The topological polar surface area (TPSA) is 99.6 Å². The zero-order chi connectivity index (χ0) is 20.5. The predicted octanol–water partition coefficient (Wildman–Crippen LogP) is 0.967. The van der Waals surface area contributed by atoms with E-state index in [1.807, 2.05) is 0 Å². The van der Waals surface area contributed by atoms with Crippen LogP contribution in [0.25, 0.3) is 0 Å². The van der Waals surface area contributed by atoms with Gasteiger partial charge in [-0.25, -0.2) is 9.97 Å². The number of benzene rings is 1. The van der Waals surface area contributed by atoms with Gasteiger partial charge >= 0.3 is 0 Å². The van der Waals surface area contributed by atoms with E-state index in [9.17, 15) is 9.90 Å². The minimum Gasteiger partial charge on any atom is -0.391 e. The molecule has 2 aromatic rings. The summed E-state index contributed by atoms with van der Waals surface area (Å²) < 4.78 is 5.15. The van der Waals surface area contributed by atoms with Crippen molar-refractivity contribution in [3.05, 3.63) is 53.5 Å². The van der Waals surface area contributed by atoms with Gasteiger partial charge in [0.25, 0.3) is 5.91 Å². The monoisotopic (exact) mass is 409 g/mol. The largest absolute Gasteiger partial charge is 0.391 e. The Morgan fingerprint density at radius 3 is 2.77 bits per heavy atom. The highest BCUT2D eigenvalue weighted by atomic mass is 16.5. The molecule has 158 valence electrons. The van der Waals surface area contributed by atoms with E-state index < -0.39 is 6.10 Å². The Morgan fingerprint density at radius 2 is 1.97 bits per heavy atom. The van der Waals surface area contributed by atoms with Gasteiger partial charge in [0, 0.05) is 31.2 Å². The third kappa shape index (κ3) is 4.03. The number of aliphatic hydroxyl groups excluding tert-OH is 1. The van der Waals surface area contributed by atoms with Crippen LogP contribution in [0.2, 0.25) is 0 Å². The third-order valence-electron chi connectivity index (χ3n) is 6.35. The van der Waals surface area contributed by atoms with Crippen LogP contribution >= 0.6 is 0 Å². The van der Waals surface area contributed by atoms with Gasteiger partial charge in [-0.1, -0.05) is 24.3 Å². The number of rotatable bonds is 5. The Hall–Kier alpha value is -2.55. The van der Waals surface area contributed by atoms with Crippen molar-refractivity contribution in [3.63, 3.8) is 0 Å². The van der Waals surface area contributed by atoms with Crippen molar-refractivity contribution in [1.29, 1.82) is 0 Å². The number of aromatic nitrogens is 2. The standard InChI is InChI=1S/C22H27N5O3/c28-20-8-16(7-19(20)27-6-5-14-3-1-2-4-15(14)10-27)26-22(29)18-9-21(24-13-23-18)25-17-11-30-12-17/h1-4,9,13,16-17,19-20,28H,5-8,10-12H2,(H,26,29)(H,23,24,25). The Labute approximate surface area is 175 Å². The molecule has 3 aliphatic rings. The van der Waals surface area contributed by atoms with Crippen molar-refractivity contribution in [2.45, 2.75) is 50.0 Å². The Balaban J connectivity index is 1.19. The molecule has 3 heterocycles. The van der Waals surface area contributed by atoms with Gasteiger partial charge < -0.3 is 20.5 Å². The van der Waals surface area contributed by atoms with E-state index in [0.29, 0.717) is 31.1 Å².